The van der Waals surface area contributed by atoms with Gasteiger partial charge < -0.3 is 14.8 Å². The van der Waals surface area contributed by atoms with Gasteiger partial charge in [0.05, 0.1) is 12.4 Å². The van der Waals surface area contributed by atoms with Crippen molar-refractivity contribution >= 4 is 11.8 Å². The second-order valence-electron chi connectivity index (χ2n) is 7.37. The largest absolute Gasteiger partial charge is 0.346 e. The third-order valence-electron chi connectivity index (χ3n) is 5.30. The van der Waals surface area contributed by atoms with Gasteiger partial charge in [0.15, 0.2) is 0 Å². The highest BCUT2D eigenvalue weighted by atomic mass is 16.2. The number of carbonyl (C=O) groups is 2. The molecule has 4 rings (SSSR count). The van der Waals surface area contributed by atoms with Crippen LogP contribution in [0.3, 0.4) is 0 Å². The fraction of sp³-hybridized carbons (Fsp3) is 0.261. The van der Waals surface area contributed by atoms with Crippen LogP contribution in [0.2, 0.25) is 0 Å². The standard InChI is InChI=1S/C23H24N4O2/c1-17(19-8-10-21(11-9-19)27-14-12-24-16-27)25-23(29)20-6-4-18(5-7-20)15-26-13-2-3-22(26)28/h4-12,14,16-17H,2-3,13,15H2,1H3,(H,25,29)/t17-/m1/s1. The zero-order chi connectivity index (χ0) is 20.2. The Labute approximate surface area is 170 Å². The van der Waals surface area contributed by atoms with Crippen molar-refractivity contribution in [2.24, 2.45) is 0 Å². The van der Waals surface area contributed by atoms with E-state index in [0.717, 1.165) is 29.8 Å². The number of rotatable bonds is 6. The van der Waals surface area contributed by atoms with Crippen LogP contribution < -0.4 is 5.32 Å². The first-order chi connectivity index (χ1) is 14.1. The molecule has 0 unspecified atom stereocenters. The van der Waals surface area contributed by atoms with E-state index in [1.807, 2.05) is 71.1 Å². The number of nitrogens with one attached hydrogen (secondary N) is 1. The quantitative estimate of drug-likeness (QED) is 0.703. The summed E-state index contributed by atoms with van der Waals surface area (Å²) in [5.74, 6) is 0.0969. The number of hydrogen-bond acceptors (Lipinski definition) is 3. The van der Waals surface area contributed by atoms with Crippen LogP contribution in [0.4, 0.5) is 0 Å². The SMILES string of the molecule is C[C@@H](NC(=O)c1ccc(CN2CCCC2=O)cc1)c1ccc(-n2ccnc2)cc1. The molecule has 148 valence electrons. The maximum absolute atomic E-state index is 12.6. The Morgan fingerprint density at radius 1 is 1.14 bits per heavy atom. The second kappa shape index (κ2) is 8.31. The molecule has 2 amide bonds. The van der Waals surface area contributed by atoms with Gasteiger partial charge in [-0.2, -0.15) is 0 Å². The zero-order valence-electron chi connectivity index (χ0n) is 16.4. The fourth-order valence-corrected chi connectivity index (χ4v) is 3.56. The molecule has 0 bridgehead atoms. The van der Waals surface area contributed by atoms with Gasteiger partial charge in [-0.25, -0.2) is 4.98 Å². The van der Waals surface area contributed by atoms with Gasteiger partial charge in [0.1, 0.15) is 0 Å². The highest BCUT2D eigenvalue weighted by molar-refractivity contribution is 5.94. The first-order valence-corrected chi connectivity index (χ1v) is 9.86. The van der Waals surface area contributed by atoms with E-state index in [2.05, 4.69) is 10.3 Å². The number of carbonyl (C=O) groups excluding carboxylic acids is 2. The van der Waals surface area contributed by atoms with Crippen molar-refractivity contribution in [1.82, 2.24) is 19.8 Å². The highest BCUT2D eigenvalue weighted by Crippen LogP contribution is 2.18. The Balaban J connectivity index is 1.36. The zero-order valence-corrected chi connectivity index (χ0v) is 16.4. The van der Waals surface area contributed by atoms with E-state index in [-0.39, 0.29) is 17.9 Å². The number of likely N-dealkylation sites (tertiary alicyclic amines) is 1. The molecule has 0 aliphatic carbocycles. The lowest BCUT2D eigenvalue weighted by Gasteiger charge is -2.17. The summed E-state index contributed by atoms with van der Waals surface area (Å²) in [5, 5.41) is 3.04. The highest BCUT2D eigenvalue weighted by Gasteiger charge is 2.20. The minimum Gasteiger partial charge on any atom is -0.346 e. The van der Waals surface area contributed by atoms with Crippen molar-refractivity contribution in [3.05, 3.63) is 83.9 Å². The Hall–Kier alpha value is -3.41. The molecule has 2 heterocycles. The molecule has 2 aromatic carbocycles. The van der Waals surface area contributed by atoms with Crippen LogP contribution in [-0.4, -0.2) is 32.8 Å². The van der Waals surface area contributed by atoms with Crippen molar-refractivity contribution in [2.45, 2.75) is 32.4 Å². The summed E-state index contributed by atoms with van der Waals surface area (Å²) in [6.45, 7) is 3.40. The van der Waals surface area contributed by atoms with E-state index in [1.54, 1.807) is 12.5 Å². The minimum absolute atomic E-state index is 0.110. The fourth-order valence-electron chi connectivity index (χ4n) is 3.56. The molecule has 6 heteroatoms. The van der Waals surface area contributed by atoms with Crippen molar-refractivity contribution < 1.29 is 9.59 Å². The van der Waals surface area contributed by atoms with E-state index < -0.39 is 0 Å². The number of aromatic nitrogens is 2. The van der Waals surface area contributed by atoms with E-state index >= 15 is 0 Å². The summed E-state index contributed by atoms with van der Waals surface area (Å²) in [6.07, 6.45) is 6.96. The van der Waals surface area contributed by atoms with E-state index in [9.17, 15) is 9.59 Å². The summed E-state index contributed by atoms with van der Waals surface area (Å²) < 4.78 is 1.93. The lowest BCUT2D eigenvalue weighted by molar-refractivity contribution is -0.128. The maximum atomic E-state index is 12.6. The first-order valence-electron chi connectivity index (χ1n) is 9.86. The van der Waals surface area contributed by atoms with Crippen molar-refractivity contribution in [3.8, 4) is 5.69 Å². The number of nitrogens with zero attached hydrogens (tertiary/aromatic N) is 3. The molecule has 0 spiro atoms. The average molecular weight is 388 g/mol. The van der Waals surface area contributed by atoms with Gasteiger partial charge in [0.2, 0.25) is 5.91 Å². The third-order valence-corrected chi connectivity index (χ3v) is 5.30. The number of amides is 2. The van der Waals surface area contributed by atoms with Gasteiger partial charge in [0.25, 0.3) is 5.91 Å². The van der Waals surface area contributed by atoms with Crippen LogP contribution in [0.15, 0.2) is 67.3 Å². The Bertz CT molecular complexity index is 979. The molecule has 6 nitrogen and oxygen atoms in total. The first kappa shape index (κ1) is 18.9. The van der Waals surface area contributed by atoms with Gasteiger partial charge >= 0.3 is 0 Å². The van der Waals surface area contributed by atoms with E-state index in [0.29, 0.717) is 18.5 Å². The average Bonchev–Trinajstić information content (AvgIpc) is 3.41. The summed E-state index contributed by atoms with van der Waals surface area (Å²) in [5.41, 5.74) is 3.71. The predicted octanol–water partition coefficient (Wildman–Crippen LogP) is 3.49. The predicted molar refractivity (Wildman–Crippen MR) is 111 cm³/mol. The molecule has 1 atom stereocenters. The van der Waals surface area contributed by atoms with Crippen LogP contribution in [0, 0.1) is 0 Å². The summed E-state index contributed by atoms with van der Waals surface area (Å²) in [4.78, 5) is 30.3. The second-order valence-corrected chi connectivity index (χ2v) is 7.37. The molecule has 29 heavy (non-hydrogen) atoms. The number of imidazole rings is 1. The Morgan fingerprint density at radius 3 is 2.52 bits per heavy atom. The molecule has 1 aliphatic rings. The summed E-state index contributed by atoms with van der Waals surface area (Å²) >= 11 is 0. The molecule has 1 saturated heterocycles. The molecule has 1 aromatic heterocycles. The van der Waals surface area contributed by atoms with Crippen molar-refractivity contribution in [2.75, 3.05) is 6.54 Å². The molecule has 0 saturated carbocycles. The molecule has 1 N–H and O–H groups in total. The monoisotopic (exact) mass is 388 g/mol. The van der Waals surface area contributed by atoms with E-state index in [1.165, 1.54) is 0 Å². The van der Waals surface area contributed by atoms with Gasteiger partial charge in [-0.05, 0) is 48.7 Å². The summed E-state index contributed by atoms with van der Waals surface area (Å²) in [6, 6.07) is 15.4. The maximum Gasteiger partial charge on any atom is 0.251 e. The van der Waals surface area contributed by atoms with Gasteiger partial charge in [0, 0.05) is 43.2 Å². The molecular formula is C23H24N4O2. The number of benzene rings is 2. The molecule has 1 aliphatic heterocycles. The minimum atomic E-state index is -0.111. The van der Waals surface area contributed by atoms with Crippen LogP contribution in [0.5, 0.6) is 0 Å². The smallest absolute Gasteiger partial charge is 0.251 e. The Kier molecular flexibility index (Phi) is 5.42. The van der Waals surface area contributed by atoms with Gasteiger partial charge in [-0.1, -0.05) is 24.3 Å². The van der Waals surface area contributed by atoms with Crippen LogP contribution >= 0.6 is 0 Å². The third kappa shape index (κ3) is 4.37. The lowest BCUT2D eigenvalue weighted by atomic mass is 10.1. The molecule has 0 radical (unpaired) electrons. The van der Waals surface area contributed by atoms with E-state index in [4.69, 9.17) is 0 Å². The normalized spacial score (nSPS) is 14.8. The molecular weight excluding hydrogens is 364 g/mol. The van der Waals surface area contributed by atoms with Crippen LogP contribution in [-0.2, 0) is 11.3 Å². The van der Waals surface area contributed by atoms with Gasteiger partial charge in [-0.15, -0.1) is 0 Å². The van der Waals surface area contributed by atoms with Crippen molar-refractivity contribution in [1.29, 1.82) is 0 Å². The van der Waals surface area contributed by atoms with Crippen LogP contribution in [0.1, 0.15) is 47.3 Å². The topological polar surface area (TPSA) is 67.2 Å². The van der Waals surface area contributed by atoms with Crippen LogP contribution in [0.25, 0.3) is 5.69 Å². The lowest BCUT2D eigenvalue weighted by Crippen LogP contribution is -2.27. The number of hydrogen-bond donors (Lipinski definition) is 1. The van der Waals surface area contributed by atoms with Crippen molar-refractivity contribution in [3.63, 3.8) is 0 Å². The summed E-state index contributed by atoms with van der Waals surface area (Å²) in [7, 11) is 0. The van der Waals surface area contributed by atoms with Gasteiger partial charge in [-0.3, -0.25) is 9.59 Å². The Morgan fingerprint density at radius 2 is 1.90 bits per heavy atom. The molecule has 3 aromatic rings. The molecule has 1 fully saturated rings.